The summed E-state index contributed by atoms with van der Waals surface area (Å²) in [6.07, 6.45) is -0.0457. The van der Waals surface area contributed by atoms with Crippen molar-refractivity contribution in [1.82, 2.24) is 4.98 Å². The molecule has 0 aliphatic heterocycles. The van der Waals surface area contributed by atoms with Crippen molar-refractivity contribution in [3.8, 4) is 0 Å². The molecule has 6 heteroatoms. The minimum absolute atomic E-state index is 0.0457. The van der Waals surface area contributed by atoms with Gasteiger partial charge < -0.3 is 5.11 Å². The van der Waals surface area contributed by atoms with E-state index in [9.17, 15) is 9.00 Å². The molecule has 0 saturated carbocycles. The second-order valence-corrected chi connectivity index (χ2v) is 6.05. The highest BCUT2D eigenvalue weighted by Gasteiger charge is 2.09. The van der Waals surface area contributed by atoms with Crippen LogP contribution in [0.1, 0.15) is 22.0 Å². The quantitative estimate of drug-likeness (QED) is 0.856. The Kier molecular flexibility index (Phi) is 4.41. The number of aryl methyl sites for hydroxylation is 2. The number of carboxylic acid groups (broad SMARTS) is 1. The lowest BCUT2D eigenvalue weighted by molar-refractivity contribution is -0.136. The summed E-state index contributed by atoms with van der Waals surface area (Å²) in [7, 11) is -1.12. The molecule has 0 spiro atoms. The number of nitrogens with zero attached hydrogens (tertiary/aromatic N) is 1. The largest absolute Gasteiger partial charge is 0.481 e. The van der Waals surface area contributed by atoms with Gasteiger partial charge in [-0.15, -0.1) is 11.3 Å². The highest BCUT2D eigenvalue weighted by molar-refractivity contribution is 7.84. The van der Waals surface area contributed by atoms with E-state index in [0.717, 1.165) is 15.6 Å². The van der Waals surface area contributed by atoms with E-state index in [0.29, 0.717) is 5.75 Å². The van der Waals surface area contributed by atoms with Crippen LogP contribution in [-0.2, 0) is 21.3 Å². The second kappa shape index (κ2) is 5.37. The third-order valence-corrected chi connectivity index (χ3v) is 4.41. The van der Waals surface area contributed by atoms with E-state index >= 15 is 0 Å². The molecular weight excluding hydrogens is 234 g/mol. The van der Waals surface area contributed by atoms with Gasteiger partial charge in [0.1, 0.15) is 5.01 Å². The van der Waals surface area contributed by atoms with Gasteiger partial charge in [-0.2, -0.15) is 0 Å². The third kappa shape index (κ3) is 4.09. The normalized spacial score (nSPS) is 12.7. The SMILES string of the molecule is Cc1nc(CS(=O)CCC(=O)O)sc1C. The molecule has 1 aromatic rings. The summed E-state index contributed by atoms with van der Waals surface area (Å²) in [4.78, 5) is 15.6. The Morgan fingerprint density at radius 3 is 2.67 bits per heavy atom. The number of rotatable bonds is 5. The Hall–Kier alpha value is -0.750. The standard InChI is InChI=1S/C9H13NO3S2/c1-6-7(2)14-8(10-6)5-15(13)4-3-9(11)12/h3-5H2,1-2H3,(H,11,12). The minimum Gasteiger partial charge on any atom is -0.481 e. The van der Waals surface area contributed by atoms with Crippen LogP contribution in [0.2, 0.25) is 0 Å². The molecule has 0 bridgehead atoms. The summed E-state index contributed by atoms with van der Waals surface area (Å²) in [6, 6.07) is 0. The zero-order valence-electron chi connectivity index (χ0n) is 8.65. The maximum atomic E-state index is 11.5. The molecule has 1 rings (SSSR count). The maximum absolute atomic E-state index is 11.5. The van der Waals surface area contributed by atoms with Crippen molar-refractivity contribution < 1.29 is 14.1 Å². The first kappa shape index (κ1) is 12.3. The van der Waals surface area contributed by atoms with E-state index in [-0.39, 0.29) is 12.2 Å². The molecule has 15 heavy (non-hydrogen) atoms. The fourth-order valence-corrected chi connectivity index (χ4v) is 3.26. The molecule has 0 radical (unpaired) electrons. The molecule has 0 saturated heterocycles. The highest BCUT2D eigenvalue weighted by atomic mass is 32.2. The number of aliphatic carboxylic acids is 1. The Morgan fingerprint density at radius 1 is 1.53 bits per heavy atom. The topological polar surface area (TPSA) is 67.3 Å². The molecule has 0 aliphatic carbocycles. The van der Waals surface area contributed by atoms with Crippen molar-refractivity contribution in [2.75, 3.05) is 5.75 Å². The fraction of sp³-hybridized carbons (Fsp3) is 0.556. The number of aromatic nitrogens is 1. The van der Waals surface area contributed by atoms with Gasteiger partial charge in [-0.25, -0.2) is 4.98 Å². The van der Waals surface area contributed by atoms with Gasteiger partial charge in [0.15, 0.2) is 0 Å². The molecule has 1 heterocycles. The second-order valence-electron chi connectivity index (χ2n) is 3.18. The zero-order chi connectivity index (χ0) is 11.4. The number of carboxylic acids is 1. The summed E-state index contributed by atoms with van der Waals surface area (Å²) in [5, 5.41) is 9.26. The van der Waals surface area contributed by atoms with Crippen molar-refractivity contribution in [2.45, 2.75) is 26.0 Å². The molecule has 1 N–H and O–H groups in total. The molecule has 0 aliphatic rings. The molecule has 1 atom stereocenters. The maximum Gasteiger partial charge on any atom is 0.304 e. The molecule has 0 amide bonds. The van der Waals surface area contributed by atoms with Gasteiger partial charge in [0.2, 0.25) is 0 Å². The van der Waals surface area contributed by atoms with Crippen LogP contribution in [0.5, 0.6) is 0 Å². The molecule has 1 unspecified atom stereocenters. The van der Waals surface area contributed by atoms with Gasteiger partial charge in [-0.1, -0.05) is 0 Å². The van der Waals surface area contributed by atoms with E-state index < -0.39 is 16.8 Å². The number of carbonyl (C=O) groups is 1. The molecule has 4 nitrogen and oxygen atoms in total. The fourth-order valence-electron chi connectivity index (χ4n) is 1.01. The molecular formula is C9H13NO3S2. The summed E-state index contributed by atoms with van der Waals surface area (Å²) in [5.74, 6) is -0.338. The third-order valence-electron chi connectivity index (χ3n) is 1.90. The monoisotopic (exact) mass is 247 g/mol. The molecule has 1 aromatic heterocycles. The van der Waals surface area contributed by atoms with Crippen LogP contribution in [0, 0.1) is 13.8 Å². The minimum atomic E-state index is -1.12. The van der Waals surface area contributed by atoms with Crippen LogP contribution in [0.3, 0.4) is 0 Å². The number of hydrogen-bond acceptors (Lipinski definition) is 4. The Balaban J connectivity index is 2.48. The van der Waals surface area contributed by atoms with Crippen molar-refractivity contribution in [2.24, 2.45) is 0 Å². The average Bonchev–Trinajstić information content (AvgIpc) is 2.42. The summed E-state index contributed by atoms with van der Waals surface area (Å²) in [6.45, 7) is 3.88. The van der Waals surface area contributed by atoms with E-state index in [1.807, 2.05) is 13.8 Å². The number of thiazole rings is 1. The Morgan fingerprint density at radius 2 is 2.20 bits per heavy atom. The van der Waals surface area contributed by atoms with Crippen LogP contribution < -0.4 is 0 Å². The smallest absolute Gasteiger partial charge is 0.304 e. The molecule has 0 fully saturated rings. The predicted octanol–water partition coefficient (Wildman–Crippen LogP) is 1.48. The van der Waals surface area contributed by atoms with Crippen LogP contribution in [0.15, 0.2) is 0 Å². The van der Waals surface area contributed by atoms with Crippen molar-refractivity contribution >= 4 is 28.1 Å². The molecule has 84 valence electrons. The van der Waals surface area contributed by atoms with Crippen molar-refractivity contribution in [3.63, 3.8) is 0 Å². The predicted molar refractivity (Wildman–Crippen MR) is 60.6 cm³/mol. The van der Waals surface area contributed by atoms with Crippen LogP contribution in [0.25, 0.3) is 0 Å². The first-order valence-electron chi connectivity index (χ1n) is 4.48. The zero-order valence-corrected chi connectivity index (χ0v) is 10.3. The number of hydrogen-bond donors (Lipinski definition) is 1. The van der Waals surface area contributed by atoms with Crippen LogP contribution in [0.4, 0.5) is 0 Å². The first-order valence-corrected chi connectivity index (χ1v) is 6.79. The van der Waals surface area contributed by atoms with Gasteiger partial charge in [-0.3, -0.25) is 9.00 Å². The summed E-state index contributed by atoms with van der Waals surface area (Å²) in [5.41, 5.74) is 0.963. The van der Waals surface area contributed by atoms with E-state index in [1.165, 1.54) is 11.3 Å². The lowest BCUT2D eigenvalue weighted by atomic mass is 10.4. The lowest BCUT2D eigenvalue weighted by Crippen LogP contribution is -2.06. The van der Waals surface area contributed by atoms with Gasteiger partial charge >= 0.3 is 5.97 Å². The Labute approximate surface area is 94.8 Å². The summed E-state index contributed by atoms with van der Waals surface area (Å²) >= 11 is 1.53. The van der Waals surface area contributed by atoms with E-state index in [4.69, 9.17) is 5.11 Å². The van der Waals surface area contributed by atoms with Crippen LogP contribution >= 0.6 is 11.3 Å². The van der Waals surface area contributed by atoms with Crippen molar-refractivity contribution in [3.05, 3.63) is 15.6 Å². The van der Waals surface area contributed by atoms with Gasteiger partial charge in [0.05, 0.1) is 17.9 Å². The van der Waals surface area contributed by atoms with Gasteiger partial charge in [0, 0.05) is 21.4 Å². The summed E-state index contributed by atoms with van der Waals surface area (Å²) < 4.78 is 11.5. The highest BCUT2D eigenvalue weighted by Crippen LogP contribution is 2.17. The van der Waals surface area contributed by atoms with Gasteiger partial charge in [0.25, 0.3) is 0 Å². The van der Waals surface area contributed by atoms with Crippen LogP contribution in [-0.4, -0.2) is 26.0 Å². The van der Waals surface area contributed by atoms with Crippen molar-refractivity contribution in [1.29, 1.82) is 0 Å². The average molecular weight is 247 g/mol. The van der Waals surface area contributed by atoms with E-state index in [2.05, 4.69) is 4.98 Å². The Bertz CT molecular complexity index is 367. The lowest BCUT2D eigenvalue weighted by Gasteiger charge is -1.96. The first-order chi connectivity index (χ1) is 6.99. The van der Waals surface area contributed by atoms with E-state index in [1.54, 1.807) is 0 Å². The van der Waals surface area contributed by atoms with Gasteiger partial charge in [-0.05, 0) is 13.8 Å². The molecule has 0 aromatic carbocycles.